The Morgan fingerprint density at radius 1 is 1.24 bits per heavy atom. The fourth-order valence-electron chi connectivity index (χ4n) is 2.82. The molecule has 1 aliphatic rings. The zero-order valence-electron chi connectivity index (χ0n) is 11.4. The van der Waals surface area contributed by atoms with Gasteiger partial charge in [0.1, 0.15) is 11.5 Å². The number of nitrogens with one attached hydrogen (secondary N) is 1. The van der Waals surface area contributed by atoms with Crippen LogP contribution in [0, 0.1) is 0 Å². The average molecular weight is 281 g/mol. The van der Waals surface area contributed by atoms with Crippen LogP contribution in [0.1, 0.15) is 16.2 Å². The number of rotatable bonds is 1. The minimum absolute atomic E-state index is 0.0113. The van der Waals surface area contributed by atoms with Crippen molar-refractivity contribution in [2.45, 2.75) is 13.1 Å². The number of fused-ring (bicyclic) bond motifs is 2. The molecular weight excluding hydrogens is 266 g/mol. The number of amides is 1. The largest absolute Gasteiger partial charge is 0.382 e. The Labute approximate surface area is 121 Å². The summed E-state index contributed by atoms with van der Waals surface area (Å²) in [7, 11) is 0. The van der Waals surface area contributed by atoms with Gasteiger partial charge in [-0.25, -0.2) is 0 Å². The fourth-order valence-corrected chi connectivity index (χ4v) is 2.82. The van der Waals surface area contributed by atoms with Gasteiger partial charge in [-0.15, -0.1) is 0 Å². The monoisotopic (exact) mass is 281 g/mol. The van der Waals surface area contributed by atoms with Crippen molar-refractivity contribution in [1.82, 2.24) is 19.7 Å². The predicted octanol–water partition coefficient (Wildman–Crippen LogP) is 1.60. The van der Waals surface area contributed by atoms with E-state index in [1.807, 2.05) is 46.0 Å². The number of hydrogen-bond acceptors (Lipinski definition) is 3. The van der Waals surface area contributed by atoms with Gasteiger partial charge >= 0.3 is 0 Å². The first-order chi connectivity index (χ1) is 10.2. The van der Waals surface area contributed by atoms with Gasteiger partial charge in [-0.2, -0.15) is 5.10 Å². The third kappa shape index (κ3) is 1.96. The molecule has 0 fully saturated rings. The number of nitrogens with two attached hydrogens (primary N) is 1. The highest BCUT2D eigenvalue weighted by molar-refractivity contribution is 5.98. The van der Waals surface area contributed by atoms with E-state index in [4.69, 9.17) is 5.73 Å². The highest BCUT2D eigenvalue weighted by Gasteiger charge is 2.23. The van der Waals surface area contributed by atoms with E-state index in [1.165, 1.54) is 0 Å². The molecule has 0 bridgehead atoms. The molecule has 106 valence electrons. The lowest BCUT2D eigenvalue weighted by atomic mass is 10.2. The van der Waals surface area contributed by atoms with E-state index in [9.17, 15) is 4.79 Å². The second-order valence-electron chi connectivity index (χ2n) is 5.28. The third-order valence-electron chi connectivity index (χ3n) is 3.86. The normalized spacial score (nSPS) is 14.4. The summed E-state index contributed by atoms with van der Waals surface area (Å²) in [6, 6.07) is 11.6. The fraction of sp³-hybridized carbons (Fsp3) is 0.200. The van der Waals surface area contributed by atoms with Gasteiger partial charge in [0.05, 0.1) is 18.8 Å². The molecule has 3 aromatic rings. The molecule has 21 heavy (non-hydrogen) atoms. The Balaban J connectivity index is 1.63. The van der Waals surface area contributed by atoms with E-state index in [2.05, 4.69) is 10.1 Å². The predicted molar refractivity (Wildman–Crippen MR) is 79.7 cm³/mol. The highest BCUT2D eigenvalue weighted by Crippen LogP contribution is 2.19. The van der Waals surface area contributed by atoms with Crippen LogP contribution < -0.4 is 5.73 Å². The number of carbonyl (C=O) groups excluding carboxylic acids is 1. The van der Waals surface area contributed by atoms with E-state index in [-0.39, 0.29) is 5.91 Å². The molecular formula is C15H15N5O. The Morgan fingerprint density at radius 3 is 2.95 bits per heavy atom. The average Bonchev–Trinajstić information content (AvgIpc) is 3.07. The molecule has 1 aromatic carbocycles. The van der Waals surface area contributed by atoms with Crippen molar-refractivity contribution < 1.29 is 4.79 Å². The van der Waals surface area contributed by atoms with E-state index in [0.717, 1.165) is 16.6 Å². The van der Waals surface area contributed by atoms with E-state index < -0.39 is 0 Å². The van der Waals surface area contributed by atoms with Crippen LogP contribution >= 0.6 is 0 Å². The first-order valence-electron chi connectivity index (χ1n) is 6.90. The lowest BCUT2D eigenvalue weighted by Crippen LogP contribution is -2.38. The molecule has 2 aromatic heterocycles. The number of aromatic amines is 1. The van der Waals surface area contributed by atoms with Gasteiger partial charge in [-0.05, 0) is 12.1 Å². The number of nitrogens with zero attached hydrogens (tertiary/aromatic N) is 3. The van der Waals surface area contributed by atoms with Gasteiger partial charge in [-0.3, -0.25) is 9.48 Å². The van der Waals surface area contributed by atoms with Crippen LogP contribution in [-0.4, -0.2) is 32.1 Å². The number of H-pyrrole nitrogens is 1. The molecule has 6 nitrogen and oxygen atoms in total. The Bertz CT molecular complexity index is 799. The molecule has 0 radical (unpaired) electrons. The molecule has 0 saturated carbocycles. The van der Waals surface area contributed by atoms with Gasteiger partial charge < -0.3 is 15.6 Å². The molecule has 3 N–H and O–H groups in total. The molecule has 0 spiro atoms. The first kappa shape index (κ1) is 12.0. The summed E-state index contributed by atoms with van der Waals surface area (Å²) in [5.74, 6) is 0.516. The van der Waals surface area contributed by atoms with Gasteiger partial charge in [0, 0.05) is 23.5 Å². The summed E-state index contributed by atoms with van der Waals surface area (Å²) in [5, 5.41) is 5.25. The molecule has 1 aliphatic heterocycles. The Morgan fingerprint density at radius 2 is 2.10 bits per heavy atom. The zero-order chi connectivity index (χ0) is 14.4. The Kier molecular flexibility index (Phi) is 2.50. The second-order valence-corrected chi connectivity index (χ2v) is 5.28. The van der Waals surface area contributed by atoms with E-state index in [1.54, 1.807) is 0 Å². The summed E-state index contributed by atoms with van der Waals surface area (Å²) < 4.78 is 1.87. The van der Waals surface area contributed by atoms with Crippen LogP contribution in [0.25, 0.3) is 10.9 Å². The number of carbonyl (C=O) groups is 1. The molecule has 1 amide bonds. The van der Waals surface area contributed by atoms with Gasteiger partial charge in [0.2, 0.25) is 0 Å². The standard InChI is InChI=1S/C15H15N5O/c16-14-8-11-9-19(5-6-20(11)18-14)15(21)13-7-10-3-1-2-4-12(10)17-13/h1-4,7-8,17H,5-6,9H2,(H2,16,18). The number of anilines is 1. The summed E-state index contributed by atoms with van der Waals surface area (Å²) in [6.07, 6.45) is 0. The van der Waals surface area contributed by atoms with Crippen molar-refractivity contribution >= 4 is 22.6 Å². The van der Waals surface area contributed by atoms with Gasteiger partial charge in [-0.1, -0.05) is 18.2 Å². The van der Waals surface area contributed by atoms with Crippen molar-refractivity contribution in [2.75, 3.05) is 12.3 Å². The number of nitrogen functional groups attached to an aromatic ring is 1. The summed E-state index contributed by atoms with van der Waals surface area (Å²) >= 11 is 0. The lowest BCUT2D eigenvalue weighted by Gasteiger charge is -2.27. The second kappa shape index (κ2) is 4.37. The number of aromatic nitrogens is 3. The van der Waals surface area contributed by atoms with Crippen LogP contribution in [0.5, 0.6) is 0 Å². The Hall–Kier alpha value is -2.76. The van der Waals surface area contributed by atoms with Gasteiger partial charge in [0.15, 0.2) is 0 Å². The van der Waals surface area contributed by atoms with Crippen LogP contribution in [-0.2, 0) is 13.1 Å². The zero-order valence-corrected chi connectivity index (χ0v) is 11.4. The molecule has 0 unspecified atom stereocenters. The van der Waals surface area contributed by atoms with Crippen molar-refractivity contribution in [3.63, 3.8) is 0 Å². The summed E-state index contributed by atoms with van der Waals surface area (Å²) in [5.41, 5.74) is 8.28. The third-order valence-corrected chi connectivity index (χ3v) is 3.86. The maximum absolute atomic E-state index is 12.6. The number of benzene rings is 1. The van der Waals surface area contributed by atoms with Crippen molar-refractivity contribution in [1.29, 1.82) is 0 Å². The topological polar surface area (TPSA) is 79.9 Å². The van der Waals surface area contributed by atoms with Crippen LogP contribution in [0.4, 0.5) is 5.82 Å². The minimum atomic E-state index is 0.0113. The lowest BCUT2D eigenvalue weighted by molar-refractivity contribution is 0.0701. The highest BCUT2D eigenvalue weighted by atomic mass is 16.2. The van der Waals surface area contributed by atoms with Crippen molar-refractivity contribution in [3.05, 3.63) is 47.8 Å². The molecule has 0 atom stereocenters. The molecule has 0 saturated heterocycles. The number of para-hydroxylation sites is 1. The van der Waals surface area contributed by atoms with Crippen LogP contribution in [0.3, 0.4) is 0 Å². The smallest absolute Gasteiger partial charge is 0.270 e. The molecule has 0 aliphatic carbocycles. The number of hydrogen-bond donors (Lipinski definition) is 2. The van der Waals surface area contributed by atoms with Crippen LogP contribution in [0.2, 0.25) is 0 Å². The molecule has 4 rings (SSSR count). The maximum atomic E-state index is 12.6. The van der Waals surface area contributed by atoms with Crippen molar-refractivity contribution in [2.24, 2.45) is 0 Å². The summed E-state index contributed by atoms with van der Waals surface area (Å²) in [4.78, 5) is 17.6. The molecule has 3 heterocycles. The maximum Gasteiger partial charge on any atom is 0.270 e. The first-order valence-corrected chi connectivity index (χ1v) is 6.90. The summed E-state index contributed by atoms with van der Waals surface area (Å²) in [6.45, 7) is 1.86. The van der Waals surface area contributed by atoms with Gasteiger partial charge in [0.25, 0.3) is 5.91 Å². The quantitative estimate of drug-likeness (QED) is 0.711. The minimum Gasteiger partial charge on any atom is -0.382 e. The van der Waals surface area contributed by atoms with Crippen molar-refractivity contribution in [3.8, 4) is 0 Å². The van der Waals surface area contributed by atoms with Crippen LogP contribution in [0.15, 0.2) is 36.4 Å². The van der Waals surface area contributed by atoms with E-state index in [0.29, 0.717) is 31.1 Å². The molecule has 6 heteroatoms. The SMILES string of the molecule is Nc1cc2n(n1)CCN(C(=O)c1cc3ccccc3[nH]1)C2. The van der Waals surface area contributed by atoms with E-state index >= 15 is 0 Å².